The van der Waals surface area contributed by atoms with Gasteiger partial charge >= 0.3 is 0 Å². The van der Waals surface area contributed by atoms with Crippen LogP contribution in [-0.4, -0.2) is 40.8 Å². The molecule has 0 saturated carbocycles. The third-order valence-electron chi connectivity index (χ3n) is 3.47. The number of nitrogens with one attached hydrogen (secondary N) is 1. The van der Waals surface area contributed by atoms with Crippen LogP contribution in [-0.2, 0) is 16.0 Å². The minimum Gasteiger partial charge on any atom is -0.350 e. The van der Waals surface area contributed by atoms with Gasteiger partial charge in [-0.05, 0) is 33.8 Å². The molecular weight excluding hydrogens is 334 g/mol. The van der Waals surface area contributed by atoms with E-state index in [0.29, 0.717) is 0 Å². The second kappa shape index (κ2) is 7.78. The van der Waals surface area contributed by atoms with E-state index in [1.54, 1.807) is 7.05 Å². The van der Waals surface area contributed by atoms with Gasteiger partial charge in [0.05, 0.1) is 18.7 Å². The molecule has 0 bridgehead atoms. The molecule has 0 aliphatic carbocycles. The molecule has 2 aromatic rings. The zero-order chi connectivity index (χ0) is 18.6. The van der Waals surface area contributed by atoms with Crippen LogP contribution in [0.1, 0.15) is 32.0 Å². The second-order valence-electron chi connectivity index (χ2n) is 7.24. The number of thiazole rings is 1. The van der Waals surface area contributed by atoms with Crippen LogP contribution in [0, 0.1) is 6.92 Å². The Kier molecular flexibility index (Phi) is 5.95. The fraction of sp³-hybridized carbons (Fsp3) is 0.421. The van der Waals surface area contributed by atoms with Gasteiger partial charge in [-0.2, -0.15) is 0 Å². The van der Waals surface area contributed by atoms with E-state index >= 15 is 0 Å². The number of aromatic nitrogens is 1. The maximum absolute atomic E-state index is 12.3. The van der Waals surface area contributed by atoms with Crippen LogP contribution < -0.4 is 5.32 Å². The van der Waals surface area contributed by atoms with Gasteiger partial charge < -0.3 is 10.2 Å². The van der Waals surface area contributed by atoms with Gasteiger partial charge in [-0.15, -0.1) is 11.3 Å². The predicted octanol–water partition coefficient (Wildman–Crippen LogP) is 3.03. The summed E-state index contributed by atoms with van der Waals surface area (Å²) in [6.07, 6.45) is 0.196. The highest BCUT2D eigenvalue weighted by atomic mass is 32.1. The van der Waals surface area contributed by atoms with Crippen molar-refractivity contribution in [1.82, 2.24) is 15.2 Å². The molecule has 5 nitrogen and oxygen atoms in total. The van der Waals surface area contributed by atoms with Crippen molar-refractivity contribution in [1.29, 1.82) is 0 Å². The van der Waals surface area contributed by atoms with Gasteiger partial charge in [-0.25, -0.2) is 4.98 Å². The summed E-state index contributed by atoms with van der Waals surface area (Å²) in [4.78, 5) is 30.2. The molecule has 2 amide bonds. The molecule has 0 aliphatic rings. The van der Waals surface area contributed by atoms with Gasteiger partial charge in [0.15, 0.2) is 0 Å². The Hall–Kier alpha value is -2.21. The minimum absolute atomic E-state index is 0.0466. The van der Waals surface area contributed by atoms with Gasteiger partial charge in [0.1, 0.15) is 5.01 Å². The smallest absolute Gasteiger partial charge is 0.240 e. The molecule has 2 rings (SSSR count). The number of hydrogen-bond donors (Lipinski definition) is 1. The molecule has 0 atom stereocenters. The van der Waals surface area contributed by atoms with Crippen LogP contribution in [0.3, 0.4) is 0 Å². The Labute approximate surface area is 153 Å². The Bertz CT molecular complexity index is 762. The van der Waals surface area contributed by atoms with Crippen LogP contribution in [0.15, 0.2) is 29.6 Å². The molecule has 1 aromatic carbocycles. The lowest BCUT2D eigenvalue weighted by Crippen LogP contribution is -2.46. The van der Waals surface area contributed by atoms with Crippen LogP contribution in [0.2, 0.25) is 0 Å². The van der Waals surface area contributed by atoms with Crippen molar-refractivity contribution in [2.45, 2.75) is 39.7 Å². The average Bonchev–Trinajstić information content (AvgIpc) is 2.93. The quantitative estimate of drug-likeness (QED) is 0.892. The lowest BCUT2D eigenvalue weighted by molar-refractivity contribution is -0.134. The average molecular weight is 359 g/mol. The fourth-order valence-electron chi connectivity index (χ4n) is 2.35. The summed E-state index contributed by atoms with van der Waals surface area (Å²) in [6, 6.07) is 8.13. The maximum Gasteiger partial charge on any atom is 0.240 e. The first-order valence-corrected chi connectivity index (χ1v) is 9.08. The Morgan fingerprint density at radius 2 is 2.00 bits per heavy atom. The van der Waals surface area contributed by atoms with Crippen molar-refractivity contribution in [3.8, 4) is 10.6 Å². The van der Waals surface area contributed by atoms with Crippen LogP contribution >= 0.6 is 11.3 Å². The Balaban J connectivity index is 1.96. The first-order chi connectivity index (χ1) is 11.6. The van der Waals surface area contributed by atoms with E-state index in [1.807, 2.05) is 51.3 Å². The van der Waals surface area contributed by atoms with Crippen molar-refractivity contribution in [2.24, 2.45) is 0 Å². The SMILES string of the molecule is Cc1cccc(-c2nc(CC(=O)N(C)CC(=O)NC(C)(C)C)cs2)c1. The number of hydrogen-bond acceptors (Lipinski definition) is 4. The zero-order valence-electron chi connectivity index (χ0n) is 15.4. The van der Waals surface area contributed by atoms with Gasteiger partial charge in [0.25, 0.3) is 0 Å². The minimum atomic E-state index is -0.307. The number of carbonyl (C=O) groups is 2. The number of benzene rings is 1. The van der Waals surface area contributed by atoms with Crippen molar-refractivity contribution in [2.75, 3.05) is 13.6 Å². The molecule has 0 saturated heterocycles. The molecule has 134 valence electrons. The van der Waals surface area contributed by atoms with Crippen molar-refractivity contribution < 1.29 is 9.59 Å². The normalized spacial score (nSPS) is 11.2. The first kappa shape index (κ1) is 19.1. The molecule has 0 radical (unpaired) electrons. The summed E-state index contributed by atoms with van der Waals surface area (Å²) in [5.41, 5.74) is 2.66. The maximum atomic E-state index is 12.3. The predicted molar refractivity (Wildman–Crippen MR) is 102 cm³/mol. The molecule has 0 unspecified atom stereocenters. The van der Waals surface area contributed by atoms with Gasteiger partial charge in [0.2, 0.25) is 11.8 Å². The molecular formula is C19H25N3O2S. The van der Waals surface area contributed by atoms with E-state index in [9.17, 15) is 9.59 Å². The van der Waals surface area contributed by atoms with E-state index in [-0.39, 0.29) is 30.3 Å². The van der Waals surface area contributed by atoms with Crippen molar-refractivity contribution in [3.63, 3.8) is 0 Å². The van der Waals surface area contributed by atoms with Crippen molar-refractivity contribution >= 4 is 23.2 Å². The molecule has 1 N–H and O–H groups in total. The zero-order valence-corrected chi connectivity index (χ0v) is 16.2. The van der Waals surface area contributed by atoms with E-state index in [0.717, 1.165) is 16.3 Å². The lowest BCUT2D eigenvalue weighted by Gasteiger charge is -2.23. The van der Waals surface area contributed by atoms with Gasteiger partial charge in [0, 0.05) is 23.5 Å². The number of amides is 2. The van der Waals surface area contributed by atoms with E-state index in [1.165, 1.54) is 21.8 Å². The first-order valence-electron chi connectivity index (χ1n) is 8.20. The summed E-state index contributed by atoms with van der Waals surface area (Å²) >= 11 is 1.53. The summed E-state index contributed by atoms with van der Waals surface area (Å²) < 4.78 is 0. The molecule has 0 aliphatic heterocycles. The molecule has 1 aromatic heterocycles. The van der Waals surface area contributed by atoms with E-state index < -0.39 is 0 Å². The third kappa shape index (κ3) is 5.98. The largest absolute Gasteiger partial charge is 0.350 e. The summed E-state index contributed by atoms with van der Waals surface area (Å²) in [6.45, 7) is 7.82. The van der Waals surface area contributed by atoms with Gasteiger partial charge in [-0.3, -0.25) is 9.59 Å². The molecule has 6 heteroatoms. The highest BCUT2D eigenvalue weighted by Gasteiger charge is 2.18. The second-order valence-corrected chi connectivity index (χ2v) is 8.10. The fourth-order valence-corrected chi connectivity index (χ4v) is 3.17. The molecule has 25 heavy (non-hydrogen) atoms. The highest BCUT2D eigenvalue weighted by Crippen LogP contribution is 2.24. The lowest BCUT2D eigenvalue weighted by atomic mass is 10.1. The van der Waals surface area contributed by atoms with E-state index in [4.69, 9.17) is 0 Å². The molecule has 1 heterocycles. The van der Waals surface area contributed by atoms with Crippen LogP contribution in [0.25, 0.3) is 10.6 Å². The Morgan fingerprint density at radius 3 is 2.64 bits per heavy atom. The van der Waals surface area contributed by atoms with E-state index in [2.05, 4.69) is 16.4 Å². The number of carbonyl (C=O) groups excluding carboxylic acids is 2. The monoisotopic (exact) mass is 359 g/mol. The number of aryl methyl sites for hydroxylation is 1. The standard InChI is InChI=1S/C19H25N3O2S/c1-13-7-6-8-14(9-13)18-20-15(12-25-18)10-17(24)22(5)11-16(23)21-19(2,3)4/h6-9,12H,10-11H2,1-5H3,(H,21,23). The molecule has 0 fully saturated rings. The van der Waals surface area contributed by atoms with Crippen LogP contribution in [0.4, 0.5) is 0 Å². The number of rotatable bonds is 5. The van der Waals surface area contributed by atoms with Gasteiger partial charge in [-0.1, -0.05) is 23.8 Å². The topological polar surface area (TPSA) is 62.3 Å². The number of likely N-dealkylation sites (N-methyl/N-ethyl adjacent to an activating group) is 1. The summed E-state index contributed by atoms with van der Waals surface area (Å²) in [5.74, 6) is -0.285. The van der Waals surface area contributed by atoms with Crippen molar-refractivity contribution in [3.05, 3.63) is 40.9 Å². The third-order valence-corrected chi connectivity index (χ3v) is 4.41. The Morgan fingerprint density at radius 1 is 1.28 bits per heavy atom. The number of nitrogens with zero attached hydrogens (tertiary/aromatic N) is 2. The summed E-state index contributed by atoms with van der Waals surface area (Å²) in [7, 11) is 1.64. The van der Waals surface area contributed by atoms with Crippen LogP contribution in [0.5, 0.6) is 0 Å². The summed E-state index contributed by atoms with van der Waals surface area (Å²) in [5, 5.41) is 5.66. The molecule has 0 spiro atoms. The highest BCUT2D eigenvalue weighted by molar-refractivity contribution is 7.13.